The quantitative estimate of drug-likeness (QED) is 0.486. The van der Waals surface area contributed by atoms with E-state index in [9.17, 15) is 9.59 Å². The maximum absolute atomic E-state index is 13.0. The van der Waals surface area contributed by atoms with Crippen molar-refractivity contribution in [2.45, 2.75) is 47.1 Å². The Bertz CT molecular complexity index is 986. The molecule has 0 radical (unpaired) electrons. The number of rotatable bonds is 4. The van der Waals surface area contributed by atoms with Crippen molar-refractivity contribution in [1.82, 2.24) is 14.8 Å². The monoisotopic (exact) mass is 395 g/mol. The Morgan fingerprint density at radius 3 is 2.39 bits per heavy atom. The van der Waals surface area contributed by atoms with E-state index in [0.29, 0.717) is 0 Å². The summed E-state index contributed by atoms with van der Waals surface area (Å²) in [4.78, 5) is 26.9. The molecule has 146 valence electrons. The summed E-state index contributed by atoms with van der Waals surface area (Å²) in [5, 5.41) is 2.82. The average molecular weight is 396 g/mol. The highest BCUT2D eigenvalue weighted by Crippen LogP contribution is 2.25. The van der Waals surface area contributed by atoms with Crippen molar-refractivity contribution < 1.29 is 9.59 Å². The highest BCUT2D eigenvalue weighted by atomic mass is 32.1. The number of aryl methyl sites for hydroxylation is 2. The lowest BCUT2D eigenvalue weighted by molar-refractivity contribution is -0.130. The number of hydrogen-bond acceptors (Lipinski definition) is 3. The Hall–Kier alpha value is -2.73. The Morgan fingerprint density at radius 1 is 1.14 bits per heavy atom. The van der Waals surface area contributed by atoms with E-state index >= 15 is 0 Å². The van der Waals surface area contributed by atoms with Gasteiger partial charge >= 0.3 is 0 Å². The van der Waals surface area contributed by atoms with Gasteiger partial charge in [-0.25, -0.2) is 0 Å². The van der Waals surface area contributed by atoms with Crippen LogP contribution in [0.25, 0.3) is 11.8 Å². The Labute approximate surface area is 171 Å². The van der Waals surface area contributed by atoms with E-state index in [0.717, 1.165) is 29.1 Å². The summed E-state index contributed by atoms with van der Waals surface area (Å²) in [6.45, 7) is 9.95. The minimum absolute atomic E-state index is 0.0796. The Kier molecular flexibility index (Phi) is 5.52. The first-order valence-electron chi connectivity index (χ1n) is 9.41. The van der Waals surface area contributed by atoms with Gasteiger partial charge in [-0.3, -0.25) is 19.8 Å². The van der Waals surface area contributed by atoms with Crippen LogP contribution >= 0.6 is 12.2 Å². The van der Waals surface area contributed by atoms with Crippen LogP contribution in [0.5, 0.6) is 0 Å². The van der Waals surface area contributed by atoms with Gasteiger partial charge in [-0.05, 0) is 76.2 Å². The van der Waals surface area contributed by atoms with Crippen LogP contribution in [0.1, 0.15) is 42.8 Å². The van der Waals surface area contributed by atoms with Crippen LogP contribution in [0, 0.1) is 20.8 Å². The van der Waals surface area contributed by atoms with Crippen LogP contribution in [0.3, 0.4) is 0 Å². The standard InChI is InChI=1S/C22H25N3O2S/c1-6-14(3)25-21(27)19(20(26)23-22(25)28)12-17-11-15(4)24(16(17)5)18-9-7-13(2)8-10-18/h7-12,14H,6H2,1-5H3,(H,23,26,28)/b19-12-/t14-/m0/s1. The molecule has 6 heteroatoms. The highest BCUT2D eigenvalue weighted by Gasteiger charge is 2.35. The third-order valence-electron chi connectivity index (χ3n) is 5.23. The summed E-state index contributed by atoms with van der Waals surface area (Å²) >= 11 is 5.21. The number of amides is 2. The normalized spacial score (nSPS) is 17.2. The van der Waals surface area contributed by atoms with Gasteiger partial charge in [0.25, 0.3) is 11.8 Å². The number of nitrogens with zero attached hydrogens (tertiary/aromatic N) is 2. The molecule has 1 fully saturated rings. The lowest BCUT2D eigenvalue weighted by Gasteiger charge is -2.33. The molecule has 0 spiro atoms. The number of aromatic nitrogens is 1. The number of hydrogen-bond donors (Lipinski definition) is 1. The molecule has 1 N–H and O–H groups in total. The first-order chi connectivity index (χ1) is 13.2. The van der Waals surface area contributed by atoms with Gasteiger partial charge in [0, 0.05) is 23.1 Å². The van der Waals surface area contributed by atoms with Crippen molar-refractivity contribution in [2.75, 3.05) is 0 Å². The molecule has 5 nitrogen and oxygen atoms in total. The predicted molar refractivity (Wildman–Crippen MR) is 115 cm³/mol. The number of benzene rings is 1. The number of thiocarbonyl (C=S) groups is 1. The number of carbonyl (C=O) groups is 2. The summed E-state index contributed by atoms with van der Waals surface area (Å²) in [7, 11) is 0. The lowest BCUT2D eigenvalue weighted by Crippen LogP contribution is -2.56. The van der Waals surface area contributed by atoms with Crippen LogP contribution in [0.2, 0.25) is 0 Å². The topological polar surface area (TPSA) is 54.3 Å². The van der Waals surface area contributed by atoms with Gasteiger partial charge in [0.1, 0.15) is 5.57 Å². The van der Waals surface area contributed by atoms with Gasteiger partial charge < -0.3 is 4.57 Å². The van der Waals surface area contributed by atoms with E-state index in [1.165, 1.54) is 10.5 Å². The van der Waals surface area contributed by atoms with Crippen molar-refractivity contribution in [2.24, 2.45) is 0 Å². The van der Waals surface area contributed by atoms with Gasteiger partial charge in [0.2, 0.25) is 0 Å². The zero-order chi connectivity index (χ0) is 20.6. The van der Waals surface area contributed by atoms with Crippen LogP contribution < -0.4 is 5.32 Å². The molecule has 1 saturated heterocycles. The Balaban J connectivity index is 2.04. The third kappa shape index (κ3) is 3.52. The van der Waals surface area contributed by atoms with Gasteiger partial charge in [0.15, 0.2) is 5.11 Å². The molecule has 0 aliphatic carbocycles. The molecule has 1 aromatic carbocycles. The third-order valence-corrected chi connectivity index (χ3v) is 5.53. The van der Waals surface area contributed by atoms with E-state index in [2.05, 4.69) is 41.1 Å². The minimum Gasteiger partial charge on any atom is -0.318 e. The minimum atomic E-state index is -0.449. The zero-order valence-corrected chi connectivity index (χ0v) is 17.7. The molecular weight excluding hydrogens is 370 g/mol. The van der Waals surface area contributed by atoms with Gasteiger partial charge in [-0.15, -0.1) is 0 Å². The maximum atomic E-state index is 13.0. The van der Waals surface area contributed by atoms with E-state index in [1.54, 1.807) is 6.08 Å². The molecule has 1 atom stereocenters. The molecule has 1 aromatic heterocycles. The number of carbonyl (C=O) groups excluding carboxylic acids is 2. The summed E-state index contributed by atoms with van der Waals surface area (Å²) in [6.07, 6.45) is 2.42. The smallest absolute Gasteiger partial charge is 0.265 e. The van der Waals surface area contributed by atoms with Gasteiger partial charge in [0.05, 0.1) is 0 Å². The SMILES string of the molecule is CC[C@H](C)N1C(=O)/C(=C\c2cc(C)n(-c3ccc(C)cc3)c2C)C(=O)NC1=S. The van der Waals surface area contributed by atoms with Crippen LogP contribution in [0.4, 0.5) is 0 Å². The zero-order valence-electron chi connectivity index (χ0n) is 16.9. The fourth-order valence-corrected chi connectivity index (χ4v) is 3.79. The van der Waals surface area contributed by atoms with Crippen molar-refractivity contribution in [3.8, 4) is 5.69 Å². The number of nitrogens with one attached hydrogen (secondary N) is 1. The lowest BCUT2D eigenvalue weighted by atomic mass is 10.1. The molecule has 1 aliphatic heterocycles. The largest absolute Gasteiger partial charge is 0.318 e. The fraction of sp³-hybridized carbons (Fsp3) is 0.318. The average Bonchev–Trinajstić information content (AvgIpc) is 2.92. The Morgan fingerprint density at radius 2 is 1.79 bits per heavy atom. The highest BCUT2D eigenvalue weighted by molar-refractivity contribution is 7.80. The molecule has 28 heavy (non-hydrogen) atoms. The molecule has 0 unspecified atom stereocenters. The van der Waals surface area contributed by atoms with Crippen molar-refractivity contribution in [3.05, 3.63) is 58.4 Å². The first kappa shape index (κ1) is 20.0. The van der Waals surface area contributed by atoms with E-state index in [1.807, 2.05) is 33.8 Å². The van der Waals surface area contributed by atoms with Crippen molar-refractivity contribution >= 4 is 35.2 Å². The summed E-state index contributed by atoms with van der Waals surface area (Å²) in [6, 6.07) is 10.2. The molecule has 2 heterocycles. The molecule has 0 bridgehead atoms. The molecule has 3 rings (SSSR count). The van der Waals surface area contributed by atoms with Crippen LogP contribution in [-0.4, -0.2) is 32.4 Å². The summed E-state index contributed by atoms with van der Waals surface area (Å²) in [5.41, 5.74) is 5.20. The molecule has 0 saturated carbocycles. The van der Waals surface area contributed by atoms with Gasteiger partial charge in [-0.1, -0.05) is 24.6 Å². The van der Waals surface area contributed by atoms with E-state index < -0.39 is 5.91 Å². The molecular formula is C22H25N3O2S. The molecule has 2 aromatic rings. The van der Waals surface area contributed by atoms with Crippen molar-refractivity contribution in [3.63, 3.8) is 0 Å². The molecule has 1 aliphatic rings. The second-order valence-electron chi connectivity index (χ2n) is 7.25. The first-order valence-corrected chi connectivity index (χ1v) is 9.82. The summed E-state index contributed by atoms with van der Waals surface area (Å²) in [5.74, 6) is -0.794. The fourth-order valence-electron chi connectivity index (χ4n) is 3.43. The van der Waals surface area contributed by atoms with Crippen LogP contribution in [0.15, 0.2) is 35.9 Å². The van der Waals surface area contributed by atoms with E-state index in [-0.39, 0.29) is 22.6 Å². The second kappa shape index (κ2) is 7.72. The second-order valence-corrected chi connectivity index (χ2v) is 7.63. The maximum Gasteiger partial charge on any atom is 0.265 e. The van der Waals surface area contributed by atoms with Crippen LogP contribution in [-0.2, 0) is 9.59 Å². The summed E-state index contributed by atoms with van der Waals surface area (Å²) < 4.78 is 2.12. The predicted octanol–water partition coefficient (Wildman–Crippen LogP) is 3.83. The molecule has 2 amide bonds. The van der Waals surface area contributed by atoms with Crippen molar-refractivity contribution in [1.29, 1.82) is 0 Å². The van der Waals surface area contributed by atoms with E-state index in [4.69, 9.17) is 12.2 Å². The van der Waals surface area contributed by atoms with Gasteiger partial charge in [-0.2, -0.15) is 0 Å².